The summed E-state index contributed by atoms with van der Waals surface area (Å²) in [6, 6.07) is 3.13. The van der Waals surface area contributed by atoms with Crippen molar-refractivity contribution in [1.29, 1.82) is 0 Å². The van der Waals surface area contributed by atoms with Crippen LogP contribution in [0.25, 0.3) is 10.9 Å². The van der Waals surface area contributed by atoms with Crippen LogP contribution >= 0.6 is 0 Å². The standard InChI is InChI=1S/C13H11F3N2O2/c14-13(15,16)9-6-2-5-8-10(9)17-12(20)18(11(8)19)7-3-1-4-7/h2,5-7H,1,3-4H2,(H,17,20). The summed E-state index contributed by atoms with van der Waals surface area (Å²) in [7, 11) is 0. The van der Waals surface area contributed by atoms with Crippen LogP contribution in [-0.4, -0.2) is 9.55 Å². The number of alkyl halides is 3. The molecule has 1 aliphatic rings. The molecule has 1 aliphatic carbocycles. The third-order valence-electron chi connectivity index (χ3n) is 3.71. The third kappa shape index (κ3) is 1.85. The minimum absolute atomic E-state index is 0.105. The minimum Gasteiger partial charge on any atom is -0.306 e. The fourth-order valence-electron chi connectivity index (χ4n) is 2.47. The molecule has 0 amide bonds. The van der Waals surface area contributed by atoms with Crippen molar-refractivity contribution in [2.24, 2.45) is 0 Å². The number of halogens is 3. The average molecular weight is 284 g/mol. The number of rotatable bonds is 1. The van der Waals surface area contributed by atoms with Crippen LogP contribution < -0.4 is 11.2 Å². The number of H-pyrrole nitrogens is 1. The highest BCUT2D eigenvalue weighted by molar-refractivity contribution is 5.81. The Kier molecular flexibility index (Phi) is 2.74. The van der Waals surface area contributed by atoms with Gasteiger partial charge in [-0.25, -0.2) is 4.79 Å². The van der Waals surface area contributed by atoms with Crippen molar-refractivity contribution in [3.8, 4) is 0 Å². The highest BCUT2D eigenvalue weighted by Gasteiger charge is 2.34. The van der Waals surface area contributed by atoms with E-state index in [4.69, 9.17) is 0 Å². The van der Waals surface area contributed by atoms with Gasteiger partial charge in [0, 0.05) is 6.04 Å². The van der Waals surface area contributed by atoms with E-state index in [0.717, 1.165) is 17.1 Å². The first kappa shape index (κ1) is 13.0. The van der Waals surface area contributed by atoms with Crippen LogP contribution in [0.5, 0.6) is 0 Å². The monoisotopic (exact) mass is 284 g/mol. The van der Waals surface area contributed by atoms with Crippen molar-refractivity contribution in [1.82, 2.24) is 9.55 Å². The van der Waals surface area contributed by atoms with E-state index in [1.807, 2.05) is 0 Å². The topological polar surface area (TPSA) is 54.9 Å². The fraction of sp³-hybridized carbons (Fsp3) is 0.385. The van der Waals surface area contributed by atoms with Crippen LogP contribution in [0, 0.1) is 0 Å². The van der Waals surface area contributed by atoms with Gasteiger partial charge in [-0.1, -0.05) is 6.07 Å². The molecule has 1 fully saturated rings. The molecule has 0 aliphatic heterocycles. The van der Waals surface area contributed by atoms with Crippen molar-refractivity contribution in [3.63, 3.8) is 0 Å². The van der Waals surface area contributed by atoms with Crippen LogP contribution in [0.1, 0.15) is 30.9 Å². The lowest BCUT2D eigenvalue weighted by Gasteiger charge is -2.26. The zero-order valence-electron chi connectivity index (χ0n) is 10.3. The molecule has 0 bridgehead atoms. The smallest absolute Gasteiger partial charge is 0.306 e. The Hall–Kier alpha value is -2.05. The molecule has 0 atom stereocenters. The van der Waals surface area contributed by atoms with E-state index in [1.54, 1.807) is 0 Å². The van der Waals surface area contributed by atoms with Gasteiger partial charge in [0.15, 0.2) is 0 Å². The Bertz CT molecular complexity index is 785. The van der Waals surface area contributed by atoms with E-state index in [9.17, 15) is 22.8 Å². The average Bonchev–Trinajstić information content (AvgIpc) is 2.30. The van der Waals surface area contributed by atoms with Gasteiger partial charge >= 0.3 is 11.9 Å². The van der Waals surface area contributed by atoms with Gasteiger partial charge in [0.05, 0.1) is 16.5 Å². The molecular weight excluding hydrogens is 273 g/mol. The Balaban J connectivity index is 2.36. The summed E-state index contributed by atoms with van der Waals surface area (Å²) < 4.78 is 39.7. The lowest BCUT2D eigenvalue weighted by Crippen LogP contribution is -2.40. The van der Waals surface area contributed by atoms with Crippen molar-refractivity contribution in [2.45, 2.75) is 31.5 Å². The second-order valence-corrected chi connectivity index (χ2v) is 4.92. The molecule has 1 saturated carbocycles. The summed E-state index contributed by atoms with van der Waals surface area (Å²) in [4.78, 5) is 26.4. The normalized spacial score (nSPS) is 16.4. The summed E-state index contributed by atoms with van der Waals surface area (Å²) in [5.41, 5.74) is -2.86. The molecule has 3 rings (SSSR count). The minimum atomic E-state index is -4.61. The molecule has 4 nitrogen and oxygen atoms in total. The van der Waals surface area contributed by atoms with E-state index >= 15 is 0 Å². The molecule has 0 spiro atoms. The number of aromatic amines is 1. The molecule has 1 aromatic carbocycles. The van der Waals surface area contributed by atoms with E-state index < -0.39 is 28.5 Å². The van der Waals surface area contributed by atoms with Crippen LogP contribution in [0.15, 0.2) is 27.8 Å². The van der Waals surface area contributed by atoms with Crippen molar-refractivity contribution < 1.29 is 13.2 Å². The summed E-state index contributed by atoms with van der Waals surface area (Å²) >= 11 is 0. The Morgan fingerprint density at radius 3 is 2.45 bits per heavy atom. The van der Waals surface area contributed by atoms with Crippen molar-refractivity contribution in [3.05, 3.63) is 44.6 Å². The van der Waals surface area contributed by atoms with E-state index in [2.05, 4.69) is 4.98 Å². The molecule has 2 aromatic rings. The highest BCUT2D eigenvalue weighted by atomic mass is 19.4. The molecule has 0 radical (unpaired) electrons. The molecule has 1 heterocycles. The number of hydrogen-bond acceptors (Lipinski definition) is 2. The molecular formula is C13H11F3N2O2. The summed E-state index contributed by atoms with van der Waals surface area (Å²) in [6.45, 7) is 0. The van der Waals surface area contributed by atoms with Gasteiger partial charge in [0.25, 0.3) is 5.56 Å². The summed E-state index contributed by atoms with van der Waals surface area (Å²) in [6.07, 6.45) is -2.30. The molecule has 0 saturated heterocycles. The number of nitrogens with zero attached hydrogens (tertiary/aromatic N) is 1. The first-order valence-corrected chi connectivity index (χ1v) is 6.24. The third-order valence-corrected chi connectivity index (χ3v) is 3.71. The number of benzene rings is 1. The van der Waals surface area contributed by atoms with Crippen LogP contribution in [-0.2, 0) is 6.18 Å². The first-order valence-electron chi connectivity index (χ1n) is 6.24. The predicted molar refractivity (Wildman–Crippen MR) is 66.7 cm³/mol. The lowest BCUT2D eigenvalue weighted by atomic mass is 9.93. The van der Waals surface area contributed by atoms with Gasteiger partial charge in [0.1, 0.15) is 0 Å². The van der Waals surface area contributed by atoms with Crippen LogP contribution in [0.3, 0.4) is 0 Å². The summed E-state index contributed by atoms with van der Waals surface area (Å²) in [5, 5.41) is -0.105. The lowest BCUT2D eigenvalue weighted by molar-refractivity contribution is -0.136. The van der Waals surface area contributed by atoms with Crippen molar-refractivity contribution >= 4 is 10.9 Å². The molecule has 1 aromatic heterocycles. The van der Waals surface area contributed by atoms with Crippen LogP contribution in [0.2, 0.25) is 0 Å². The fourth-order valence-corrected chi connectivity index (χ4v) is 2.47. The zero-order valence-corrected chi connectivity index (χ0v) is 10.3. The molecule has 7 heteroatoms. The van der Waals surface area contributed by atoms with Gasteiger partial charge in [-0.3, -0.25) is 9.36 Å². The van der Waals surface area contributed by atoms with E-state index in [0.29, 0.717) is 12.8 Å². The Morgan fingerprint density at radius 2 is 1.90 bits per heavy atom. The number of aromatic nitrogens is 2. The molecule has 20 heavy (non-hydrogen) atoms. The first-order chi connectivity index (χ1) is 9.39. The second-order valence-electron chi connectivity index (χ2n) is 4.92. The van der Waals surface area contributed by atoms with Gasteiger partial charge in [0.2, 0.25) is 0 Å². The van der Waals surface area contributed by atoms with E-state index in [1.165, 1.54) is 12.1 Å². The number of nitrogens with one attached hydrogen (secondary N) is 1. The SMILES string of the molecule is O=c1[nH]c2c(C(F)(F)F)cccc2c(=O)n1C1CCC1. The predicted octanol–water partition coefficient (Wildman–Crippen LogP) is 2.43. The van der Waals surface area contributed by atoms with E-state index in [-0.39, 0.29) is 11.4 Å². The number of fused-ring (bicyclic) bond motifs is 1. The quantitative estimate of drug-likeness (QED) is 0.874. The highest BCUT2D eigenvalue weighted by Crippen LogP contribution is 2.33. The number of hydrogen-bond donors (Lipinski definition) is 1. The van der Waals surface area contributed by atoms with Gasteiger partial charge in [-0.15, -0.1) is 0 Å². The maximum absolute atomic E-state index is 12.9. The maximum Gasteiger partial charge on any atom is 0.418 e. The van der Waals surface area contributed by atoms with Crippen molar-refractivity contribution in [2.75, 3.05) is 0 Å². The second kappa shape index (κ2) is 4.22. The molecule has 106 valence electrons. The molecule has 1 N–H and O–H groups in total. The van der Waals surface area contributed by atoms with Gasteiger partial charge < -0.3 is 4.98 Å². The van der Waals surface area contributed by atoms with Gasteiger partial charge in [-0.05, 0) is 31.4 Å². The zero-order chi connectivity index (χ0) is 14.5. The Labute approximate surface area is 110 Å². The Morgan fingerprint density at radius 1 is 1.20 bits per heavy atom. The molecule has 0 unspecified atom stereocenters. The maximum atomic E-state index is 12.9. The van der Waals surface area contributed by atoms with Crippen LogP contribution in [0.4, 0.5) is 13.2 Å². The number of para-hydroxylation sites is 1. The largest absolute Gasteiger partial charge is 0.418 e. The van der Waals surface area contributed by atoms with Gasteiger partial charge in [-0.2, -0.15) is 13.2 Å². The summed E-state index contributed by atoms with van der Waals surface area (Å²) in [5.74, 6) is 0.